The average Bonchev–Trinajstić information content (AvgIpc) is 2.33. The molecule has 0 aliphatic carbocycles. The van der Waals surface area contributed by atoms with Gasteiger partial charge in [-0.1, -0.05) is 13.8 Å². The fourth-order valence-electron chi connectivity index (χ4n) is 1.90. The number of aliphatic hydroxyl groups excluding tert-OH is 1. The Balaban J connectivity index is 2.49. The van der Waals surface area contributed by atoms with E-state index in [1.807, 2.05) is 13.8 Å². The van der Waals surface area contributed by atoms with Crippen molar-refractivity contribution in [2.75, 3.05) is 13.2 Å². The Morgan fingerprint density at radius 3 is 2.26 bits per heavy atom. The second kappa shape index (κ2) is 6.91. The first kappa shape index (κ1) is 16.0. The quantitative estimate of drug-likeness (QED) is 0.750. The summed E-state index contributed by atoms with van der Waals surface area (Å²) in [7, 11) is 0. The molecule has 0 saturated carbocycles. The number of halogens is 3. The van der Waals surface area contributed by atoms with E-state index in [4.69, 9.17) is 5.11 Å². The minimum atomic E-state index is -1.44. The van der Waals surface area contributed by atoms with Gasteiger partial charge < -0.3 is 10.4 Å². The molecule has 0 aromatic heterocycles. The molecule has 0 saturated heterocycles. The molecule has 108 valence electrons. The van der Waals surface area contributed by atoms with Crippen molar-refractivity contribution in [3.05, 3.63) is 35.1 Å². The van der Waals surface area contributed by atoms with E-state index >= 15 is 0 Å². The largest absolute Gasteiger partial charge is 0.396 e. The lowest BCUT2D eigenvalue weighted by Gasteiger charge is -2.24. The van der Waals surface area contributed by atoms with E-state index in [0.29, 0.717) is 18.5 Å². The van der Waals surface area contributed by atoms with Crippen LogP contribution < -0.4 is 5.32 Å². The fraction of sp³-hybridized carbons (Fsp3) is 0.571. The highest BCUT2D eigenvalue weighted by atomic mass is 19.2. The molecule has 0 bridgehead atoms. The van der Waals surface area contributed by atoms with Crippen molar-refractivity contribution >= 4 is 0 Å². The van der Waals surface area contributed by atoms with Crippen LogP contribution in [-0.2, 0) is 6.54 Å². The molecule has 0 amide bonds. The van der Waals surface area contributed by atoms with E-state index in [1.54, 1.807) is 0 Å². The Morgan fingerprint density at radius 1 is 1.16 bits per heavy atom. The van der Waals surface area contributed by atoms with Crippen LogP contribution in [0.2, 0.25) is 0 Å². The van der Waals surface area contributed by atoms with E-state index in [-0.39, 0.29) is 18.6 Å². The second-order valence-electron chi connectivity index (χ2n) is 5.47. The van der Waals surface area contributed by atoms with Crippen LogP contribution in [0.25, 0.3) is 0 Å². The molecule has 1 aromatic carbocycles. The summed E-state index contributed by atoms with van der Waals surface area (Å²) in [6, 6.07) is 1.98. The van der Waals surface area contributed by atoms with Gasteiger partial charge in [0.05, 0.1) is 0 Å². The Bertz CT molecular complexity index is 398. The van der Waals surface area contributed by atoms with Crippen LogP contribution in [0.3, 0.4) is 0 Å². The molecule has 0 aliphatic heterocycles. The highest BCUT2D eigenvalue weighted by molar-refractivity contribution is 5.19. The molecule has 5 heteroatoms. The number of aliphatic hydroxyl groups is 1. The van der Waals surface area contributed by atoms with Gasteiger partial charge in [0.15, 0.2) is 17.5 Å². The van der Waals surface area contributed by atoms with Crippen LogP contribution in [0, 0.1) is 22.9 Å². The maximum atomic E-state index is 13.0. The predicted molar refractivity (Wildman–Crippen MR) is 68.1 cm³/mol. The summed E-state index contributed by atoms with van der Waals surface area (Å²) >= 11 is 0. The minimum Gasteiger partial charge on any atom is -0.396 e. The van der Waals surface area contributed by atoms with Gasteiger partial charge in [0.25, 0.3) is 0 Å². The van der Waals surface area contributed by atoms with E-state index in [9.17, 15) is 13.2 Å². The van der Waals surface area contributed by atoms with Gasteiger partial charge in [-0.25, -0.2) is 13.2 Å². The standard InChI is InChI=1S/C14H20F3NO/c1-14(2,4-3-5-19)9-18-8-10-6-11(15)13(17)12(16)7-10/h6-7,18-19H,3-5,8-9H2,1-2H3. The predicted octanol–water partition coefficient (Wildman–Crippen LogP) is 2.99. The van der Waals surface area contributed by atoms with Gasteiger partial charge in [0, 0.05) is 19.7 Å². The van der Waals surface area contributed by atoms with Crippen molar-refractivity contribution in [1.82, 2.24) is 5.32 Å². The Labute approximate surface area is 111 Å². The lowest BCUT2D eigenvalue weighted by molar-refractivity contribution is 0.236. The summed E-state index contributed by atoms with van der Waals surface area (Å²) in [6.45, 7) is 5.16. The summed E-state index contributed by atoms with van der Waals surface area (Å²) in [6.07, 6.45) is 1.57. The van der Waals surface area contributed by atoms with Crippen molar-refractivity contribution in [2.24, 2.45) is 5.41 Å². The summed E-state index contributed by atoms with van der Waals surface area (Å²) in [5.74, 6) is -3.78. The first-order valence-electron chi connectivity index (χ1n) is 6.31. The molecule has 0 atom stereocenters. The monoisotopic (exact) mass is 275 g/mol. The third-order valence-electron chi connectivity index (χ3n) is 2.99. The van der Waals surface area contributed by atoms with Crippen LogP contribution in [0.15, 0.2) is 12.1 Å². The molecular formula is C14H20F3NO. The van der Waals surface area contributed by atoms with Crippen LogP contribution >= 0.6 is 0 Å². The van der Waals surface area contributed by atoms with Crippen LogP contribution in [0.1, 0.15) is 32.3 Å². The minimum absolute atomic E-state index is 0.0140. The molecule has 0 fully saturated rings. The van der Waals surface area contributed by atoms with Crippen LogP contribution in [0.4, 0.5) is 13.2 Å². The van der Waals surface area contributed by atoms with Gasteiger partial charge in [-0.3, -0.25) is 0 Å². The molecule has 0 radical (unpaired) electrons. The summed E-state index contributed by atoms with van der Waals surface area (Å²) in [4.78, 5) is 0. The van der Waals surface area contributed by atoms with E-state index in [2.05, 4.69) is 5.32 Å². The van der Waals surface area contributed by atoms with Crippen molar-refractivity contribution in [3.63, 3.8) is 0 Å². The Kier molecular flexibility index (Phi) is 5.82. The highest BCUT2D eigenvalue weighted by Gasteiger charge is 2.17. The molecule has 0 unspecified atom stereocenters. The number of hydrogen-bond donors (Lipinski definition) is 2. The van der Waals surface area contributed by atoms with E-state index in [0.717, 1.165) is 18.6 Å². The zero-order chi connectivity index (χ0) is 14.5. The maximum absolute atomic E-state index is 13.0. The van der Waals surface area contributed by atoms with Crippen LogP contribution in [-0.4, -0.2) is 18.3 Å². The lowest BCUT2D eigenvalue weighted by atomic mass is 9.88. The average molecular weight is 275 g/mol. The molecule has 1 aromatic rings. The second-order valence-corrected chi connectivity index (χ2v) is 5.47. The van der Waals surface area contributed by atoms with Gasteiger partial charge in [0.1, 0.15) is 0 Å². The third kappa shape index (κ3) is 5.20. The topological polar surface area (TPSA) is 32.3 Å². The maximum Gasteiger partial charge on any atom is 0.194 e. The molecule has 0 spiro atoms. The van der Waals surface area contributed by atoms with E-state index < -0.39 is 17.5 Å². The molecule has 2 nitrogen and oxygen atoms in total. The molecule has 0 aliphatic rings. The van der Waals surface area contributed by atoms with Gasteiger partial charge in [-0.2, -0.15) is 0 Å². The zero-order valence-corrected chi connectivity index (χ0v) is 11.3. The Morgan fingerprint density at radius 2 is 1.74 bits per heavy atom. The molecule has 19 heavy (non-hydrogen) atoms. The molecular weight excluding hydrogens is 255 g/mol. The van der Waals surface area contributed by atoms with Crippen molar-refractivity contribution in [2.45, 2.75) is 33.2 Å². The molecule has 2 N–H and O–H groups in total. The summed E-state index contributed by atoms with van der Waals surface area (Å²) < 4.78 is 38.8. The number of rotatable bonds is 7. The van der Waals surface area contributed by atoms with Crippen molar-refractivity contribution in [1.29, 1.82) is 0 Å². The first-order chi connectivity index (χ1) is 8.85. The zero-order valence-electron chi connectivity index (χ0n) is 11.3. The first-order valence-corrected chi connectivity index (χ1v) is 6.31. The lowest BCUT2D eigenvalue weighted by Crippen LogP contribution is -2.29. The third-order valence-corrected chi connectivity index (χ3v) is 2.99. The van der Waals surface area contributed by atoms with Gasteiger partial charge in [-0.05, 0) is 36.0 Å². The van der Waals surface area contributed by atoms with Crippen molar-refractivity contribution < 1.29 is 18.3 Å². The normalized spacial score (nSPS) is 11.9. The van der Waals surface area contributed by atoms with E-state index in [1.165, 1.54) is 0 Å². The molecule has 1 rings (SSSR count). The SMILES string of the molecule is CC(C)(CCCO)CNCc1cc(F)c(F)c(F)c1. The Hall–Kier alpha value is -1.07. The fourth-order valence-corrected chi connectivity index (χ4v) is 1.90. The molecule has 0 heterocycles. The number of hydrogen-bond acceptors (Lipinski definition) is 2. The van der Waals surface area contributed by atoms with Crippen LogP contribution in [0.5, 0.6) is 0 Å². The number of nitrogens with one attached hydrogen (secondary N) is 1. The number of benzene rings is 1. The van der Waals surface area contributed by atoms with Crippen molar-refractivity contribution in [3.8, 4) is 0 Å². The van der Waals surface area contributed by atoms with Gasteiger partial charge >= 0.3 is 0 Å². The smallest absolute Gasteiger partial charge is 0.194 e. The highest BCUT2D eigenvalue weighted by Crippen LogP contribution is 2.21. The van der Waals surface area contributed by atoms with Gasteiger partial charge in [-0.15, -0.1) is 0 Å². The summed E-state index contributed by atoms with van der Waals surface area (Å²) in [5.41, 5.74) is 0.356. The van der Waals surface area contributed by atoms with Gasteiger partial charge in [0.2, 0.25) is 0 Å². The summed E-state index contributed by atoms with van der Waals surface area (Å²) in [5, 5.41) is 11.9.